The van der Waals surface area contributed by atoms with Crippen molar-refractivity contribution in [3.63, 3.8) is 0 Å². The van der Waals surface area contributed by atoms with Crippen LogP contribution in [0, 0.1) is 6.92 Å². The van der Waals surface area contributed by atoms with Gasteiger partial charge in [0.2, 0.25) is 0 Å². The second-order valence-electron chi connectivity index (χ2n) is 4.18. The second kappa shape index (κ2) is 4.97. The van der Waals surface area contributed by atoms with Gasteiger partial charge in [-0.2, -0.15) is 5.10 Å². The van der Waals surface area contributed by atoms with Gasteiger partial charge < -0.3 is 9.32 Å². The lowest BCUT2D eigenvalue weighted by Gasteiger charge is -2.14. The second-order valence-corrected chi connectivity index (χ2v) is 4.96. The van der Waals surface area contributed by atoms with E-state index in [1.807, 2.05) is 20.2 Å². The molecule has 0 saturated carbocycles. The van der Waals surface area contributed by atoms with Gasteiger partial charge in [-0.05, 0) is 35.0 Å². The van der Waals surface area contributed by atoms with E-state index in [0.717, 1.165) is 11.3 Å². The summed E-state index contributed by atoms with van der Waals surface area (Å²) in [5.41, 5.74) is 1.96. The lowest BCUT2D eigenvalue weighted by Crippen LogP contribution is -2.25. The molecule has 0 bridgehead atoms. The normalized spacial score (nSPS) is 10.7. The van der Waals surface area contributed by atoms with Gasteiger partial charge in [0.05, 0.1) is 5.69 Å². The highest BCUT2D eigenvalue weighted by Crippen LogP contribution is 2.16. The Hall–Kier alpha value is -1.56. The quantitative estimate of drug-likeness (QED) is 0.874. The Kier molecular flexibility index (Phi) is 3.56. The van der Waals surface area contributed by atoms with E-state index in [4.69, 9.17) is 4.42 Å². The number of rotatable bonds is 3. The summed E-state index contributed by atoms with van der Waals surface area (Å²) in [6.45, 7) is 2.44. The van der Waals surface area contributed by atoms with Crippen molar-refractivity contribution in [2.24, 2.45) is 7.05 Å². The molecule has 0 N–H and O–H groups in total. The number of hydrogen-bond acceptors (Lipinski definition) is 3. The Morgan fingerprint density at radius 1 is 1.56 bits per heavy atom. The first kappa shape index (κ1) is 12.9. The molecule has 0 aliphatic rings. The summed E-state index contributed by atoms with van der Waals surface area (Å²) in [7, 11) is 3.60. The zero-order chi connectivity index (χ0) is 13.3. The average Bonchev–Trinajstić information content (AvgIpc) is 2.85. The van der Waals surface area contributed by atoms with Crippen LogP contribution in [0.1, 0.15) is 21.8 Å². The molecule has 2 rings (SSSR count). The van der Waals surface area contributed by atoms with Crippen LogP contribution in [-0.4, -0.2) is 27.6 Å². The molecule has 0 saturated heterocycles. The van der Waals surface area contributed by atoms with Crippen LogP contribution in [0.15, 0.2) is 27.4 Å². The number of aromatic nitrogens is 2. The summed E-state index contributed by atoms with van der Waals surface area (Å²) in [5.74, 6) is 0.176. The molecule has 0 radical (unpaired) electrons. The zero-order valence-electron chi connectivity index (χ0n) is 10.5. The number of nitrogens with zero attached hydrogens (tertiary/aromatic N) is 3. The van der Waals surface area contributed by atoms with Crippen LogP contribution in [0.4, 0.5) is 0 Å². The average molecular weight is 312 g/mol. The highest BCUT2D eigenvalue weighted by Gasteiger charge is 2.17. The standard InChI is InChI=1S/C12H14BrN3O2/c1-8-9(7-16(3)14-8)6-15(2)12(17)10-4-5-11(13)18-10/h4-5,7H,6H2,1-3H3. The highest BCUT2D eigenvalue weighted by molar-refractivity contribution is 9.10. The molecule has 0 aromatic carbocycles. The van der Waals surface area contributed by atoms with Crippen molar-refractivity contribution in [1.82, 2.24) is 14.7 Å². The van der Waals surface area contributed by atoms with Crippen molar-refractivity contribution in [2.45, 2.75) is 13.5 Å². The molecular formula is C12H14BrN3O2. The fourth-order valence-corrected chi connectivity index (χ4v) is 2.06. The monoisotopic (exact) mass is 311 g/mol. The van der Waals surface area contributed by atoms with Crippen molar-refractivity contribution < 1.29 is 9.21 Å². The van der Waals surface area contributed by atoms with Gasteiger partial charge in [-0.25, -0.2) is 0 Å². The van der Waals surface area contributed by atoms with Gasteiger partial charge in [0.15, 0.2) is 10.4 Å². The minimum Gasteiger partial charge on any atom is -0.444 e. The van der Waals surface area contributed by atoms with E-state index >= 15 is 0 Å². The summed E-state index contributed by atoms with van der Waals surface area (Å²) < 4.78 is 7.54. The molecule has 1 amide bonds. The number of carbonyl (C=O) groups excluding carboxylic acids is 1. The Labute approximate surface area is 114 Å². The molecule has 0 atom stereocenters. The van der Waals surface area contributed by atoms with E-state index in [2.05, 4.69) is 21.0 Å². The summed E-state index contributed by atoms with van der Waals surface area (Å²) >= 11 is 3.18. The van der Waals surface area contributed by atoms with E-state index in [-0.39, 0.29) is 5.91 Å². The van der Waals surface area contributed by atoms with Crippen molar-refractivity contribution in [1.29, 1.82) is 0 Å². The van der Waals surface area contributed by atoms with Crippen LogP contribution in [0.3, 0.4) is 0 Å². The van der Waals surface area contributed by atoms with E-state index < -0.39 is 0 Å². The number of carbonyl (C=O) groups is 1. The maximum absolute atomic E-state index is 12.1. The molecule has 18 heavy (non-hydrogen) atoms. The molecule has 6 heteroatoms. The van der Waals surface area contributed by atoms with E-state index in [0.29, 0.717) is 17.0 Å². The number of furan rings is 1. The van der Waals surface area contributed by atoms with Crippen LogP contribution in [-0.2, 0) is 13.6 Å². The fourth-order valence-electron chi connectivity index (χ4n) is 1.75. The Bertz CT molecular complexity index is 574. The van der Waals surface area contributed by atoms with E-state index in [1.165, 1.54) is 0 Å². The van der Waals surface area contributed by atoms with Crippen molar-refractivity contribution >= 4 is 21.8 Å². The molecular weight excluding hydrogens is 298 g/mol. The SMILES string of the molecule is Cc1nn(C)cc1CN(C)C(=O)c1ccc(Br)o1. The maximum Gasteiger partial charge on any atom is 0.289 e. The molecule has 2 aromatic rings. The van der Waals surface area contributed by atoms with Gasteiger partial charge in [0, 0.05) is 32.4 Å². The van der Waals surface area contributed by atoms with Gasteiger partial charge >= 0.3 is 0 Å². The molecule has 96 valence electrons. The van der Waals surface area contributed by atoms with Crippen LogP contribution >= 0.6 is 15.9 Å². The topological polar surface area (TPSA) is 51.3 Å². The number of halogens is 1. The highest BCUT2D eigenvalue weighted by atomic mass is 79.9. The molecule has 0 aliphatic heterocycles. The summed E-state index contributed by atoms with van der Waals surface area (Å²) in [6, 6.07) is 3.36. The molecule has 2 heterocycles. The molecule has 5 nitrogen and oxygen atoms in total. The maximum atomic E-state index is 12.1. The predicted molar refractivity (Wildman–Crippen MR) is 70.2 cm³/mol. The first-order valence-corrected chi connectivity index (χ1v) is 6.26. The molecule has 0 aliphatic carbocycles. The summed E-state index contributed by atoms with van der Waals surface area (Å²) in [6.07, 6.45) is 1.91. The van der Waals surface area contributed by atoms with E-state index in [1.54, 1.807) is 28.8 Å². The first-order valence-electron chi connectivity index (χ1n) is 5.47. The third kappa shape index (κ3) is 2.64. The Morgan fingerprint density at radius 2 is 2.28 bits per heavy atom. The van der Waals surface area contributed by atoms with Gasteiger partial charge in [0.25, 0.3) is 5.91 Å². The zero-order valence-corrected chi connectivity index (χ0v) is 12.1. The molecule has 0 fully saturated rings. The van der Waals surface area contributed by atoms with Crippen LogP contribution in [0.2, 0.25) is 0 Å². The lowest BCUT2D eigenvalue weighted by atomic mass is 10.2. The number of aryl methyl sites for hydroxylation is 2. The number of amides is 1. The van der Waals surface area contributed by atoms with Crippen LogP contribution in [0.5, 0.6) is 0 Å². The van der Waals surface area contributed by atoms with E-state index in [9.17, 15) is 4.79 Å². The van der Waals surface area contributed by atoms with Gasteiger partial charge in [0.1, 0.15) is 0 Å². The van der Waals surface area contributed by atoms with Gasteiger partial charge in [-0.15, -0.1) is 0 Å². The van der Waals surface area contributed by atoms with Crippen molar-refractivity contribution in [3.05, 3.63) is 40.0 Å². The fraction of sp³-hybridized carbons (Fsp3) is 0.333. The lowest BCUT2D eigenvalue weighted by molar-refractivity contribution is 0.0752. The van der Waals surface area contributed by atoms with Gasteiger partial charge in [-0.3, -0.25) is 9.48 Å². The largest absolute Gasteiger partial charge is 0.444 e. The third-order valence-corrected chi connectivity index (χ3v) is 3.08. The molecule has 0 spiro atoms. The smallest absolute Gasteiger partial charge is 0.289 e. The molecule has 2 aromatic heterocycles. The predicted octanol–water partition coefficient (Wildman–Crippen LogP) is 2.36. The molecule has 0 unspecified atom stereocenters. The van der Waals surface area contributed by atoms with Crippen LogP contribution in [0.25, 0.3) is 0 Å². The Morgan fingerprint density at radius 3 is 2.78 bits per heavy atom. The van der Waals surface area contributed by atoms with Crippen LogP contribution < -0.4 is 0 Å². The van der Waals surface area contributed by atoms with Gasteiger partial charge in [-0.1, -0.05) is 0 Å². The van der Waals surface area contributed by atoms with Crippen molar-refractivity contribution in [3.8, 4) is 0 Å². The summed E-state index contributed by atoms with van der Waals surface area (Å²) in [4.78, 5) is 13.7. The Balaban J connectivity index is 2.10. The number of hydrogen-bond donors (Lipinski definition) is 0. The minimum atomic E-state index is -0.149. The third-order valence-electron chi connectivity index (χ3n) is 2.65. The van der Waals surface area contributed by atoms with Crippen molar-refractivity contribution in [2.75, 3.05) is 7.05 Å². The first-order chi connectivity index (χ1) is 8.47. The summed E-state index contributed by atoms with van der Waals surface area (Å²) in [5, 5.41) is 4.25. The minimum absolute atomic E-state index is 0.149.